The second-order valence-corrected chi connectivity index (χ2v) is 9.50. The highest BCUT2D eigenvalue weighted by atomic mass is 79.9. The molecule has 0 spiro atoms. The van der Waals surface area contributed by atoms with Crippen LogP contribution >= 0.6 is 27.7 Å². The summed E-state index contributed by atoms with van der Waals surface area (Å²) in [6.45, 7) is 2.90. The molecule has 2 aromatic carbocycles. The SMILES string of the molecule is Cc1cccn2cc(CSc3nnc(-c4ccc(Br)cc4)n3CCc3ccccc3)nc12. The molecule has 0 saturated heterocycles. The maximum atomic E-state index is 4.80. The van der Waals surface area contributed by atoms with Gasteiger partial charge in [0.05, 0.1) is 5.69 Å². The van der Waals surface area contributed by atoms with Crippen LogP contribution in [-0.4, -0.2) is 24.1 Å². The lowest BCUT2D eigenvalue weighted by molar-refractivity contribution is 0.639. The van der Waals surface area contributed by atoms with E-state index >= 15 is 0 Å². The first-order chi connectivity index (χ1) is 15.7. The largest absolute Gasteiger partial charge is 0.307 e. The van der Waals surface area contributed by atoms with Gasteiger partial charge in [0.15, 0.2) is 11.0 Å². The minimum Gasteiger partial charge on any atom is -0.307 e. The third kappa shape index (κ3) is 4.49. The van der Waals surface area contributed by atoms with Gasteiger partial charge in [0.1, 0.15) is 5.65 Å². The van der Waals surface area contributed by atoms with Gasteiger partial charge in [-0.1, -0.05) is 76.2 Å². The molecule has 0 radical (unpaired) electrons. The Morgan fingerprint density at radius 2 is 1.75 bits per heavy atom. The van der Waals surface area contributed by atoms with Gasteiger partial charge in [-0.05, 0) is 42.7 Å². The lowest BCUT2D eigenvalue weighted by Gasteiger charge is -2.10. The van der Waals surface area contributed by atoms with Crippen LogP contribution in [0.3, 0.4) is 0 Å². The summed E-state index contributed by atoms with van der Waals surface area (Å²) in [7, 11) is 0. The molecule has 5 nitrogen and oxygen atoms in total. The highest BCUT2D eigenvalue weighted by molar-refractivity contribution is 9.10. The molecule has 0 aliphatic rings. The first-order valence-electron chi connectivity index (χ1n) is 10.5. The topological polar surface area (TPSA) is 48.0 Å². The highest BCUT2D eigenvalue weighted by Crippen LogP contribution is 2.28. The van der Waals surface area contributed by atoms with Crippen molar-refractivity contribution in [1.29, 1.82) is 0 Å². The van der Waals surface area contributed by atoms with E-state index < -0.39 is 0 Å². The average molecular weight is 504 g/mol. The number of rotatable bonds is 7. The number of nitrogens with zero attached hydrogens (tertiary/aromatic N) is 5. The minimum absolute atomic E-state index is 0.741. The van der Waals surface area contributed by atoms with Crippen molar-refractivity contribution in [3.05, 3.63) is 100 Å². The summed E-state index contributed by atoms with van der Waals surface area (Å²) in [5, 5.41) is 10.0. The summed E-state index contributed by atoms with van der Waals surface area (Å²) in [6.07, 6.45) is 5.05. The van der Waals surface area contributed by atoms with Gasteiger partial charge in [-0.3, -0.25) is 0 Å². The molecule has 0 unspecified atom stereocenters. The molecule has 0 atom stereocenters. The fraction of sp³-hybridized carbons (Fsp3) is 0.160. The van der Waals surface area contributed by atoms with Gasteiger partial charge >= 0.3 is 0 Å². The van der Waals surface area contributed by atoms with Gasteiger partial charge in [0.25, 0.3) is 0 Å². The van der Waals surface area contributed by atoms with Gasteiger partial charge in [0.2, 0.25) is 0 Å². The van der Waals surface area contributed by atoms with Crippen LogP contribution in [0, 0.1) is 6.92 Å². The van der Waals surface area contributed by atoms with E-state index in [0.717, 1.165) is 51.1 Å². The second-order valence-electron chi connectivity index (χ2n) is 7.64. The van der Waals surface area contributed by atoms with Gasteiger partial charge in [-0.15, -0.1) is 10.2 Å². The Morgan fingerprint density at radius 1 is 0.938 bits per heavy atom. The van der Waals surface area contributed by atoms with E-state index in [4.69, 9.17) is 4.98 Å². The van der Waals surface area contributed by atoms with Crippen LogP contribution in [0.2, 0.25) is 0 Å². The Hall–Kier alpha value is -2.90. The Balaban J connectivity index is 1.42. The highest BCUT2D eigenvalue weighted by Gasteiger charge is 2.15. The van der Waals surface area contributed by atoms with E-state index in [-0.39, 0.29) is 0 Å². The standard InChI is InChI=1S/C25H22BrN5S/c1-18-6-5-14-30-16-22(27-23(18)30)17-32-25-29-28-24(20-9-11-21(26)12-10-20)31(25)15-13-19-7-3-2-4-8-19/h2-12,14,16H,13,15,17H2,1H3. The monoisotopic (exact) mass is 503 g/mol. The number of pyridine rings is 1. The summed E-state index contributed by atoms with van der Waals surface area (Å²) in [5.74, 6) is 1.63. The number of imidazole rings is 1. The number of hydrogen-bond acceptors (Lipinski definition) is 4. The molecule has 160 valence electrons. The molecule has 5 rings (SSSR count). The average Bonchev–Trinajstić information content (AvgIpc) is 3.42. The van der Waals surface area contributed by atoms with E-state index in [2.05, 4.69) is 90.7 Å². The van der Waals surface area contributed by atoms with Crippen LogP contribution < -0.4 is 0 Å². The molecule has 3 aromatic heterocycles. The van der Waals surface area contributed by atoms with Crippen LogP contribution in [0.25, 0.3) is 17.0 Å². The molecule has 0 aliphatic carbocycles. The van der Waals surface area contributed by atoms with Crippen LogP contribution in [-0.2, 0) is 18.7 Å². The maximum absolute atomic E-state index is 4.80. The van der Waals surface area contributed by atoms with Crippen molar-refractivity contribution < 1.29 is 0 Å². The van der Waals surface area contributed by atoms with Crippen LogP contribution in [0.15, 0.2) is 88.8 Å². The van der Waals surface area contributed by atoms with E-state index in [1.54, 1.807) is 11.8 Å². The molecule has 7 heteroatoms. The van der Waals surface area contributed by atoms with Crippen LogP contribution in [0.1, 0.15) is 16.8 Å². The smallest absolute Gasteiger partial charge is 0.191 e. The summed E-state index contributed by atoms with van der Waals surface area (Å²) >= 11 is 5.20. The molecule has 0 N–H and O–H groups in total. The summed E-state index contributed by atoms with van der Waals surface area (Å²) in [5.41, 5.74) is 5.57. The zero-order valence-electron chi connectivity index (χ0n) is 17.6. The predicted octanol–water partition coefficient (Wildman–Crippen LogP) is 6.20. The van der Waals surface area contributed by atoms with E-state index in [9.17, 15) is 0 Å². The van der Waals surface area contributed by atoms with Crippen LogP contribution in [0.4, 0.5) is 0 Å². The van der Waals surface area contributed by atoms with Gasteiger partial charge in [-0.25, -0.2) is 4.98 Å². The molecule has 0 bridgehead atoms. The Kier molecular flexibility index (Phi) is 6.10. The summed E-state index contributed by atoms with van der Waals surface area (Å²) in [6, 6.07) is 22.9. The van der Waals surface area contributed by atoms with Gasteiger partial charge in [-0.2, -0.15) is 0 Å². The Labute approximate surface area is 199 Å². The first-order valence-corrected chi connectivity index (χ1v) is 12.2. The fourth-order valence-electron chi connectivity index (χ4n) is 3.71. The van der Waals surface area contributed by atoms with E-state index in [1.807, 2.05) is 30.5 Å². The van der Waals surface area contributed by atoms with Crippen molar-refractivity contribution >= 4 is 33.3 Å². The van der Waals surface area contributed by atoms with Gasteiger partial charge in [0, 0.05) is 34.7 Å². The van der Waals surface area contributed by atoms with Crippen molar-refractivity contribution in [3.63, 3.8) is 0 Å². The van der Waals surface area contributed by atoms with Crippen molar-refractivity contribution in [2.45, 2.75) is 30.8 Å². The van der Waals surface area contributed by atoms with Crippen LogP contribution in [0.5, 0.6) is 0 Å². The molecule has 32 heavy (non-hydrogen) atoms. The summed E-state index contributed by atoms with van der Waals surface area (Å²) in [4.78, 5) is 4.80. The maximum Gasteiger partial charge on any atom is 0.191 e. The molecule has 0 amide bonds. The van der Waals surface area contributed by atoms with Gasteiger partial charge < -0.3 is 8.97 Å². The normalized spacial score (nSPS) is 11.3. The molecule has 3 heterocycles. The number of fused-ring (bicyclic) bond motifs is 1. The molecule has 0 aliphatic heterocycles. The lowest BCUT2D eigenvalue weighted by Crippen LogP contribution is -2.05. The second kappa shape index (κ2) is 9.30. The summed E-state index contributed by atoms with van der Waals surface area (Å²) < 4.78 is 5.36. The molecule has 0 fully saturated rings. The first kappa shape index (κ1) is 21.0. The predicted molar refractivity (Wildman–Crippen MR) is 133 cm³/mol. The minimum atomic E-state index is 0.741. The van der Waals surface area contributed by atoms with Crippen molar-refractivity contribution in [2.75, 3.05) is 0 Å². The number of halogens is 1. The fourth-order valence-corrected chi connectivity index (χ4v) is 4.82. The number of aryl methyl sites for hydroxylation is 2. The van der Waals surface area contributed by atoms with Crippen molar-refractivity contribution in [1.82, 2.24) is 24.1 Å². The third-order valence-corrected chi connectivity index (χ3v) is 6.89. The number of benzene rings is 2. The van der Waals surface area contributed by atoms with Crippen molar-refractivity contribution in [2.24, 2.45) is 0 Å². The Morgan fingerprint density at radius 3 is 2.53 bits per heavy atom. The molecule has 5 aromatic rings. The zero-order valence-corrected chi connectivity index (χ0v) is 20.1. The van der Waals surface area contributed by atoms with Crippen molar-refractivity contribution in [3.8, 4) is 11.4 Å². The number of thioether (sulfide) groups is 1. The molecular weight excluding hydrogens is 482 g/mol. The third-order valence-electron chi connectivity index (χ3n) is 5.36. The number of hydrogen-bond donors (Lipinski definition) is 0. The van der Waals surface area contributed by atoms with E-state index in [1.165, 1.54) is 11.1 Å². The number of aromatic nitrogens is 5. The Bertz CT molecular complexity index is 1340. The molecular formula is C25H22BrN5S. The zero-order chi connectivity index (χ0) is 21.9. The quantitative estimate of drug-likeness (QED) is 0.248. The lowest BCUT2D eigenvalue weighted by atomic mass is 10.1. The molecule has 0 saturated carbocycles. The van der Waals surface area contributed by atoms with E-state index in [0.29, 0.717) is 0 Å².